The standard InChI is InChI=1S/C20H17Cl2NO3/c1-12(2)26-16-9-5-14(6-10-16)17-18(22)20(25)23(19(17)24)11-13-3-7-15(21)8-4-13/h3-10,12H,11H2,1-2H3. The Balaban J connectivity index is 1.83. The maximum Gasteiger partial charge on any atom is 0.273 e. The van der Waals surface area contributed by atoms with E-state index in [1.165, 1.54) is 0 Å². The fourth-order valence-corrected chi connectivity index (χ4v) is 3.10. The van der Waals surface area contributed by atoms with E-state index in [1.54, 1.807) is 48.5 Å². The summed E-state index contributed by atoms with van der Waals surface area (Å²) >= 11 is 12.1. The Hall–Kier alpha value is -2.30. The Labute approximate surface area is 162 Å². The van der Waals surface area contributed by atoms with Gasteiger partial charge in [0.15, 0.2) is 0 Å². The second kappa shape index (κ2) is 7.52. The minimum Gasteiger partial charge on any atom is -0.491 e. The van der Waals surface area contributed by atoms with Crippen molar-refractivity contribution in [3.63, 3.8) is 0 Å². The van der Waals surface area contributed by atoms with Crippen LogP contribution in [-0.2, 0) is 16.1 Å². The summed E-state index contributed by atoms with van der Waals surface area (Å²) in [6.45, 7) is 4.01. The predicted molar refractivity (Wildman–Crippen MR) is 102 cm³/mol. The highest BCUT2D eigenvalue weighted by Gasteiger charge is 2.38. The van der Waals surface area contributed by atoms with Gasteiger partial charge in [0.1, 0.15) is 10.8 Å². The summed E-state index contributed by atoms with van der Waals surface area (Å²) in [4.78, 5) is 26.4. The summed E-state index contributed by atoms with van der Waals surface area (Å²) in [5, 5.41) is 0.523. The quantitative estimate of drug-likeness (QED) is 0.699. The van der Waals surface area contributed by atoms with Gasteiger partial charge in [-0.2, -0.15) is 0 Å². The fourth-order valence-electron chi connectivity index (χ4n) is 2.69. The number of halogens is 2. The minimum absolute atomic E-state index is 0.0493. The molecule has 3 rings (SSSR count). The van der Waals surface area contributed by atoms with Crippen molar-refractivity contribution in [2.24, 2.45) is 0 Å². The van der Waals surface area contributed by atoms with Crippen molar-refractivity contribution in [3.05, 3.63) is 69.7 Å². The molecule has 4 nitrogen and oxygen atoms in total. The van der Waals surface area contributed by atoms with Crippen LogP contribution in [0.1, 0.15) is 25.0 Å². The Morgan fingerprint density at radius 2 is 1.54 bits per heavy atom. The van der Waals surface area contributed by atoms with Crippen molar-refractivity contribution in [1.29, 1.82) is 0 Å². The zero-order valence-corrected chi connectivity index (χ0v) is 15.8. The van der Waals surface area contributed by atoms with Crippen LogP contribution in [0.2, 0.25) is 5.02 Å². The van der Waals surface area contributed by atoms with Crippen LogP contribution in [0.25, 0.3) is 5.57 Å². The molecule has 0 aromatic heterocycles. The maximum atomic E-state index is 12.8. The topological polar surface area (TPSA) is 46.6 Å². The first-order valence-electron chi connectivity index (χ1n) is 8.14. The summed E-state index contributed by atoms with van der Waals surface area (Å²) in [5.41, 5.74) is 1.59. The third kappa shape index (κ3) is 3.76. The van der Waals surface area contributed by atoms with Gasteiger partial charge >= 0.3 is 0 Å². The highest BCUT2D eigenvalue weighted by atomic mass is 35.5. The molecule has 0 saturated heterocycles. The van der Waals surface area contributed by atoms with Crippen molar-refractivity contribution in [2.75, 3.05) is 0 Å². The van der Waals surface area contributed by atoms with Gasteiger partial charge < -0.3 is 4.74 Å². The van der Waals surface area contributed by atoms with Crippen LogP contribution < -0.4 is 4.74 Å². The molecule has 0 radical (unpaired) electrons. The average molecular weight is 390 g/mol. The van der Waals surface area contributed by atoms with Gasteiger partial charge in [-0.15, -0.1) is 0 Å². The summed E-state index contributed by atoms with van der Waals surface area (Å²) in [6, 6.07) is 13.9. The SMILES string of the molecule is CC(C)Oc1ccc(C2=C(Cl)C(=O)N(Cc3ccc(Cl)cc3)C2=O)cc1. The first-order chi connectivity index (χ1) is 12.4. The Morgan fingerprint density at radius 3 is 2.12 bits per heavy atom. The number of hydrogen-bond acceptors (Lipinski definition) is 3. The van der Waals surface area contributed by atoms with E-state index in [-0.39, 0.29) is 23.3 Å². The number of imide groups is 1. The van der Waals surface area contributed by atoms with Gasteiger partial charge in [0.05, 0.1) is 18.2 Å². The second-order valence-electron chi connectivity index (χ2n) is 6.20. The summed E-state index contributed by atoms with van der Waals surface area (Å²) in [6.07, 6.45) is 0.0493. The molecule has 1 heterocycles. The predicted octanol–water partition coefficient (Wildman–Crippen LogP) is 4.65. The van der Waals surface area contributed by atoms with Crippen molar-refractivity contribution < 1.29 is 14.3 Å². The van der Waals surface area contributed by atoms with E-state index in [4.69, 9.17) is 27.9 Å². The number of benzene rings is 2. The number of carbonyl (C=O) groups excluding carboxylic acids is 2. The van der Waals surface area contributed by atoms with E-state index in [2.05, 4.69) is 0 Å². The van der Waals surface area contributed by atoms with Gasteiger partial charge in [-0.3, -0.25) is 14.5 Å². The molecule has 2 aromatic carbocycles. The van der Waals surface area contributed by atoms with Crippen molar-refractivity contribution >= 4 is 40.6 Å². The molecular weight excluding hydrogens is 373 g/mol. The van der Waals surface area contributed by atoms with Gasteiger partial charge in [0.25, 0.3) is 11.8 Å². The lowest BCUT2D eigenvalue weighted by Gasteiger charge is -2.15. The molecule has 6 heteroatoms. The molecular formula is C20H17Cl2NO3. The number of ether oxygens (including phenoxy) is 1. The molecule has 1 aliphatic heterocycles. The summed E-state index contributed by atoms with van der Waals surface area (Å²) < 4.78 is 5.59. The number of rotatable bonds is 5. The van der Waals surface area contributed by atoms with Gasteiger partial charge in [0, 0.05) is 5.02 Å². The Kier molecular flexibility index (Phi) is 5.35. The third-order valence-electron chi connectivity index (χ3n) is 3.88. The highest BCUT2D eigenvalue weighted by molar-refractivity contribution is 6.55. The normalized spacial score (nSPS) is 14.6. The zero-order chi connectivity index (χ0) is 18.8. The van der Waals surface area contributed by atoms with Gasteiger partial charge in [-0.25, -0.2) is 0 Å². The van der Waals surface area contributed by atoms with Gasteiger partial charge in [-0.1, -0.05) is 47.5 Å². The molecule has 0 aliphatic carbocycles. The van der Waals surface area contributed by atoms with E-state index >= 15 is 0 Å². The number of carbonyl (C=O) groups is 2. The first kappa shape index (κ1) is 18.5. The largest absolute Gasteiger partial charge is 0.491 e. The van der Waals surface area contributed by atoms with Crippen LogP contribution in [0.5, 0.6) is 5.75 Å². The van der Waals surface area contributed by atoms with E-state index in [0.717, 1.165) is 10.5 Å². The van der Waals surface area contributed by atoms with Crippen molar-refractivity contribution in [3.8, 4) is 5.75 Å². The van der Waals surface area contributed by atoms with Crippen LogP contribution in [0, 0.1) is 0 Å². The molecule has 0 atom stereocenters. The van der Waals surface area contributed by atoms with Crippen LogP contribution in [0.4, 0.5) is 0 Å². The van der Waals surface area contributed by atoms with Gasteiger partial charge in [-0.05, 0) is 49.2 Å². The molecule has 0 N–H and O–H groups in total. The fraction of sp³-hybridized carbons (Fsp3) is 0.200. The number of nitrogens with zero attached hydrogens (tertiary/aromatic N) is 1. The van der Waals surface area contributed by atoms with Crippen LogP contribution in [0.3, 0.4) is 0 Å². The number of hydrogen-bond donors (Lipinski definition) is 0. The molecule has 2 aromatic rings. The van der Waals surface area contributed by atoms with Crippen LogP contribution >= 0.6 is 23.2 Å². The molecule has 1 aliphatic rings. The summed E-state index contributed by atoms with van der Waals surface area (Å²) in [7, 11) is 0. The van der Waals surface area contributed by atoms with E-state index in [1.807, 2.05) is 13.8 Å². The van der Waals surface area contributed by atoms with Crippen LogP contribution in [-0.4, -0.2) is 22.8 Å². The molecule has 134 valence electrons. The maximum absolute atomic E-state index is 12.8. The Bertz CT molecular complexity index is 871. The Morgan fingerprint density at radius 1 is 0.923 bits per heavy atom. The summed E-state index contributed by atoms with van der Waals surface area (Å²) in [5.74, 6) is -0.216. The first-order valence-corrected chi connectivity index (χ1v) is 8.90. The lowest BCUT2D eigenvalue weighted by atomic mass is 10.1. The molecule has 0 spiro atoms. The van der Waals surface area contributed by atoms with E-state index in [0.29, 0.717) is 16.3 Å². The number of amides is 2. The van der Waals surface area contributed by atoms with E-state index < -0.39 is 11.8 Å². The lowest BCUT2D eigenvalue weighted by Crippen LogP contribution is -2.30. The lowest BCUT2D eigenvalue weighted by molar-refractivity contribution is -0.137. The second-order valence-corrected chi connectivity index (χ2v) is 7.02. The van der Waals surface area contributed by atoms with Gasteiger partial charge in [0.2, 0.25) is 0 Å². The molecule has 0 bridgehead atoms. The molecule has 26 heavy (non-hydrogen) atoms. The average Bonchev–Trinajstić information content (AvgIpc) is 2.81. The molecule has 0 unspecified atom stereocenters. The van der Waals surface area contributed by atoms with Crippen LogP contribution in [0.15, 0.2) is 53.6 Å². The highest BCUT2D eigenvalue weighted by Crippen LogP contribution is 2.33. The zero-order valence-electron chi connectivity index (χ0n) is 14.3. The van der Waals surface area contributed by atoms with E-state index in [9.17, 15) is 9.59 Å². The molecule has 0 saturated carbocycles. The monoisotopic (exact) mass is 389 g/mol. The van der Waals surface area contributed by atoms with Crippen molar-refractivity contribution in [1.82, 2.24) is 4.90 Å². The smallest absolute Gasteiger partial charge is 0.273 e. The molecule has 2 amide bonds. The molecule has 0 fully saturated rings. The third-order valence-corrected chi connectivity index (χ3v) is 4.48. The minimum atomic E-state index is -0.496. The van der Waals surface area contributed by atoms with Crippen molar-refractivity contribution in [2.45, 2.75) is 26.5 Å².